The summed E-state index contributed by atoms with van der Waals surface area (Å²) in [5.74, 6) is -1.78. The van der Waals surface area contributed by atoms with Gasteiger partial charge in [-0.2, -0.15) is 14.6 Å². The van der Waals surface area contributed by atoms with Crippen LogP contribution in [-0.4, -0.2) is 47.2 Å². The largest absolute Gasteiger partial charge is 0.354 e. The first-order chi connectivity index (χ1) is 17.3. The molecule has 0 saturated heterocycles. The minimum atomic E-state index is -0.759. The number of halogens is 2. The zero-order valence-corrected chi connectivity index (χ0v) is 19.3. The summed E-state index contributed by atoms with van der Waals surface area (Å²) in [4.78, 5) is 33.0. The van der Waals surface area contributed by atoms with Gasteiger partial charge in [-0.3, -0.25) is 14.5 Å². The maximum Gasteiger partial charge on any atom is 0.274 e. The maximum atomic E-state index is 15.4. The summed E-state index contributed by atoms with van der Waals surface area (Å²) in [6, 6.07) is 6.07. The summed E-state index contributed by atoms with van der Waals surface area (Å²) >= 11 is 0. The number of aryl methyl sites for hydroxylation is 1. The second kappa shape index (κ2) is 8.05. The van der Waals surface area contributed by atoms with Gasteiger partial charge in [0.2, 0.25) is 5.95 Å². The zero-order valence-electron chi connectivity index (χ0n) is 19.3. The quantitative estimate of drug-likeness (QED) is 0.374. The van der Waals surface area contributed by atoms with Crippen molar-refractivity contribution in [3.05, 3.63) is 86.9 Å². The number of fused-ring (bicyclic) bond motifs is 4. The van der Waals surface area contributed by atoms with Crippen LogP contribution in [0.1, 0.15) is 32.9 Å². The van der Waals surface area contributed by atoms with Crippen LogP contribution in [0.3, 0.4) is 0 Å². The number of rotatable bonds is 4. The lowest BCUT2D eigenvalue weighted by Gasteiger charge is -2.17. The van der Waals surface area contributed by atoms with Gasteiger partial charge in [-0.1, -0.05) is 6.07 Å². The van der Waals surface area contributed by atoms with E-state index in [1.54, 1.807) is 31.5 Å². The molecule has 0 aliphatic carbocycles. The third-order valence-electron chi connectivity index (χ3n) is 6.40. The second-order valence-corrected chi connectivity index (χ2v) is 8.75. The average molecular weight is 490 g/mol. The van der Waals surface area contributed by atoms with Crippen LogP contribution in [-0.2, 0) is 19.6 Å². The van der Waals surface area contributed by atoms with Crippen molar-refractivity contribution in [2.75, 3.05) is 7.05 Å². The van der Waals surface area contributed by atoms with Crippen molar-refractivity contribution in [1.29, 1.82) is 0 Å². The topological polar surface area (TPSA) is 113 Å². The standard InChI is InChI=1S/C24H20F2N8O2/c1-12-7-28-34-17-4-3-13(19(26)20(17)30-24(36)22(12)34)8-32-9-14-10-33(31-15(14)11-32)16-5-6-18(25)29-21(16)23(35)27-2/h3-7,10H,8-9,11H2,1-2H3,(H,27,35)(H,30,36). The third-order valence-corrected chi connectivity index (χ3v) is 6.40. The van der Waals surface area contributed by atoms with E-state index in [0.29, 0.717) is 47.5 Å². The van der Waals surface area contributed by atoms with E-state index >= 15 is 4.39 Å². The molecule has 5 heterocycles. The molecule has 1 amide bonds. The monoisotopic (exact) mass is 490 g/mol. The Morgan fingerprint density at radius 1 is 1.19 bits per heavy atom. The van der Waals surface area contributed by atoms with Gasteiger partial charge < -0.3 is 10.3 Å². The predicted molar refractivity (Wildman–Crippen MR) is 126 cm³/mol. The van der Waals surface area contributed by atoms with Gasteiger partial charge in [0.1, 0.15) is 11.0 Å². The number of aromatic nitrogens is 6. The molecule has 0 saturated carbocycles. The van der Waals surface area contributed by atoms with Crippen molar-refractivity contribution in [2.24, 2.45) is 0 Å². The van der Waals surface area contributed by atoms with Crippen LogP contribution < -0.4 is 10.9 Å². The van der Waals surface area contributed by atoms with Crippen LogP contribution in [0.25, 0.3) is 22.2 Å². The first kappa shape index (κ1) is 22.0. The smallest absolute Gasteiger partial charge is 0.274 e. The fraction of sp³-hybridized carbons (Fsp3) is 0.208. The lowest BCUT2D eigenvalue weighted by molar-refractivity contribution is 0.0957. The molecule has 1 aliphatic heterocycles. The number of amides is 1. The van der Waals surface area contributed by atoms with Gasteiger partial charge in [-0.05, 0) is 25.1 Å². The Labute approximate surface area is 202 Å². The van der Waals surface area contributed by atoms with Gasteiger partial charge in [0, 0.05) is 49.6 Å². The molecule has 0 atom stereocenters. The predicted octanol–water partition coefficient (Wildman–Crippen LogP) is 2.22. The molecule has 1 aliphatic rings. The molecule has 1 aromatic carbocycles. The van der Waals surface area contributed by atoms with E-state index in [4.69, 9.17) is 0 Å². The summed E-state index contributed by atoms with van der Waals surface area (Å²) in [7, 11) is 1.44. The van der Waals surface area contributed by atoms with Crippen LogP contribution in [0, 0.1) is 18.7 Å². The van der Waals surface area contributed by atoms with Crippen molar-refractivity contribution in [1.82, 2.24) is 39.6 Å². The molecule has 12 heteroatoms. The van der Waals surface area contributed by atoms with Crippen molar-refractivity contribution >= 4 is 22.5 Å². The molecule has 5 aromatic rings. The number of pyridine rings is 1. The summed E-state index contributed by atoms with van der Waals surface area (Å²) < 4.78 is 32.0. The van der Waals surface area contributed by atoms with Crippen molar-refractivity contribution in [3.8, 4) is 5.69 Å². The third kappa shape index (κ3) is 3.37. The Balaban J connectivity index is 1.27. The Kier molecular flexibility index (Phi) is 4.93. The van der Waals surface area contributed by atoms with E-state index in [2.05, 4.69) is 25.5 Å². The summed E-state index contributed by atoms with van der Waals surface area (Å²) in [6.07, 6.45) is 3.35. The fourth-order valence-electron chi connectivity index (χ4n) is 4.68. The Hall–Kier alpha value is -4.45. The highest BCUT2D eigenvalue weighted by atomic mass is 19.1. The number of benzene rings is 1. The molecule has 182 valence electrons. The normalized spacial score (nSPS) is 13.6. The highest BCUT2D eigenvalue weighted by Crippen LogP contribution is 2.27. The SMILES string of the molecule is CNC(=O)c1nc(F)ccc1-n1cc2c(n1)CN(Cc1ccc3c([nH]c(=O)c4c(C)cnn43)c1F)C2. The second-order valence-electron chi connectivity index (χ2n) is 8.75. The number of carbonyl (C=O) groups is 1. The number of nitrogens with one attached hydrogen (secondary N) is 2. The van der Waals surface area contributed by atoms with Gasteiger partial charge in [0.25, 0.3) is 11.5 Å². The lowest BCUT2D eigenvalue weighted by atomic mass is 10.1. The number of aromatic amines is 1. The van der Waals surface area contributed by atoms with Gasteiger partial charge in [-0.15, -0.1) is 0 Å². The van der Waals surface area contributed by atoms with Crippen LogP contribution in [0.2, 0.25) is 0 Å². The first-order valence-corrected chi connectivity index (χ1v) is 11.2. The molecule has 0 spiro atoms. The molecular weight excluding hydrogens is 470 g/mol. The number of H-pyrrole nitrogens is 1. The van der Waals surface area contributed by atoms with E-state index in [1.165, 1.54) is 28.4 Å². The van der Waals surface area contributed by atoms with Gasteiger partial charge >= 0.3 is 0 Å². The molecular formula is C24H20F2N8O2. The average Bonchev–Trinajstić information content (AvgIpc) is 3.54. The maximum absolute atomic E-state index is 15.4. The van der Waals surface area contributed by atoms with Gasteiger partial charge in [-0.25, -0.2) is 18.6 Å². The minimum absolute atomic E-state index is 0.0655. The molecule has 36 heavy (non-hydrogen) atoms. The number of nitrogens with zero attached hydrogens (tertiary/aromatic N) is 6. The Morgan fingerprint density at radius 2 is 2.03 bits per heavy atom. The molecule has 6 rings (SSSR count). The Bertz CT molecular complexity index is 1730. The summed E-state index contributed by atoms with van der Waals surface area (Å²) in [5, 5.41) is 11.2. The fourth-order valence-corrected chi connectivity index (χ4v) is 4.68. The molecule has 2 N–H and O–H groups in total. The van der Waals surface area contributed by atoms with Gasteiger partial charge in [0.15, 0.2) is 11.5 Å². The van der Waals surface area contributed by atoms with Crippen molar-refractivity contribution < 1.29 is 13.6 Å². The van der Waals surface area contributed by atoms with E-state index in [0.717, 1.165) is 11.3 Å². The van der Waals surface area contributed by atoms with Crippen LogP contribution in [0.15, 0.2) is 41.5 Å². The van der Waals surface area contributed by atoms with E-state index in [-0.39, 0.29) is 11.2 Å². The highest BCUT2D eigenvalue weighted by Gasteiger charge is 2.26. The van der Waals surface area contributed by atoms with Crippen molar-refractivity contribution in [2.45, 2.75) is 26.6 Å². The summed E-state index contributed by atoms with van der Waals surface area (Å²) in [6.45, 7) is 3.04. The van der Waals surface area contributed by atoms with Crippen LogP contribution in [0.5, 0.6) is 0 Å². The molecule has 0 radical (unpaired) electrons. The first-order valence-electron chi connectivity index (χ1n) is 11.2. The molecule has 0 bridgehead atoms. The Morgan fingerprint density at radius 3 is 2.81 bits per heavy atom. The molecule has 4 aromatic heterocycles. The molecule has 0 fully saturated rings. The van der Waals surface area contributed by atoms with Gasteiger partial charge in [0.05, 0.1) is 23.1 Å². The van der Waals surface area contributed by atoms with E-state index in [1.807, 2.05) is 4.90 Å². The van der Waals surface area contributed by atoms with E-state index in [9.17, 15) is 14.0 Å². The number of hydrogen-bond acceptors (Lipinski definition) is 6. The summed E-state index contributed by atoms with van der Waals surface area (Å²) in [5.41, 5.74) is 3.72. The molecule has 10 nitrogen and oxygen atoms in total. The molecule has 0 unspecified atom stereocenters. The van der Waals surface area contributed by atoms with Crippen LogP contribution in [0.4, 0.5) is 8.78 Å². The van der Waals surface area contributed by atoms with Crippen LogP contribution >= 0.6 is 0 Å². The lowest BCUT2D eigenvalue weighted by Crippen LogP contribution is -2.22. The van der Waals surface area contributed by atoms with Crippen molar-refractivity contribution in [3.63, 3.8) is 0 Å². The number of carbonyl (C=O) groups excluding carboxylic acids is 1. The number of hydrogen-bond donors (Lipinski definition) is 2. The zero-order chi connectivity index (χ0) is 25.1. The van der Waals surface area contributed by atoms with E-state index < -0.39 is 23.2 Å². The highest BCUT2D eigenvalue weighted by molar-refractivity contribution is 5.95. The minimum Gasteiger partial charge on any atom is -0.354 e.